The van der Waals surface area contributed by atoms with E-state index in [2.05, 4.69) is 15.3 Å². The van der Waals surface area contributed by atoms with Crippen LogP contribution in [0.3, 0.4) is 0 Å². The lowest BCUT2D eigenvalue weighted by molar-refractivity contribution is 0.102. The van der Waals surface area contributed by atoms with Crippen molar-refractivity contribution in [2.24, 2.45) is 0 Å². The van der Waals surface area contributed by atoms with E-state index in [4.69, 9.17) is 11.6 Å². The van der Waals surface area contributed by atoms with E-state index in [0.717, 1.165) is 22.2 Å². The average Bonchev–Trinajstić information content (AvgIpc) is 3.21. The number of carbonyl (C=O) groups is 1. The van der Waals surface area contributed by atoms with Gasteiger partial charge in [-0.3, -0.25) is 10.1 Å². The number of H-pyrrole nitrogens is 1. The summed E-state index contributed by atoms with van der Waals surface area (Å²) in [5.74, 6) is -1.29. The second-order valence-corrected chi connectivity index (χ2v) is 6.60. The molecule has 2 heterocycles. The summed E-state index contributed by atoms with van der Waals surface area (Å²) in [6.07, 6.45) is 1.87. The van der Waals surface area contributed by atoms with Crippen LogP contribution >= 0.6 is 22.9 Å². The zero-order valence-electron chi connectivity index (χ0n) is 12.7. The van der Waals surface area contributed by atoms with Crippen LogP contribution in [0.5, 0.6) is 0 Å². The minimum Gasteiger partial charge on any atom is -0.360 e. The third-order valence-electron chi connectivity index (χ3n) is 3.78. The molecule has 2 aromatic carbocycles. The van der Waals surface area contributed by atoms with Crippen LogP contribution in [0.25, 0.3) is 22.2 Å². The number of thiazole rings is 1. The van der Waals surface area contributed by atoms with Crippen molar-refractivity contribution < 1.29 is 9.18 Å². The van der Waals surface area contributed by atoms with Gasteiger partial charge in [0.1, 0.15) is 5.82 Å². The molecular formula is C18H11ClFN3OS. The maximum atomic E-state index is 13.8. The van der Waals surface area contributed by atoms with Gasteiger partial charge in [-0.05, 0) is 18.2 Å². The number of nitrogens with zero attached hydrogens (tertiary/aromatic N) is 1. The van der Waals surface area contributed by atoms with Gasteiger partial charge in [-0.25, -0.2) is 9.37 Å². The van der Waals surface area contributed by atoms with Gasteiger partial charge in [0.05, 0.1) is 16.3 Å². The molecule has 4 aromatic rings. The predicted octanol–water partition coefficient (Wildman–Crippen LogP) is 5.34. The Hall–Kier alpha value is -2.70. The van der Waals surface area contributed by atoms with Gasteiger partial charge >= 0.3 is 0 Å². The van der Waals surface area contributed by atoms with Crippen molar-refractivity contribution in [1.82, 2.24) is 9.97 Å². The molecule has 1 amide bonds. The number of para-hydroxylation sites is 1. The molecule has 0 atom stereocenters. The van der Waals surface area contributed by atoms with Crippen molar-refractivity contribution in [3.8, 4) is 11.3 Å². The van der Waals surface area contributed by atoms with Crippen LogP contribution in [0.15, 0.2) is 54.0 Å². The Balaban J connectivity index is 1.63. The highest BCUT2D eigenvalue weighted by atomic mass is 35.5. The molecule has 0 saturated carbocycles. The highest BCUT2D eigenvalue weighted by molar-refractivity contribution is 7.14. The monoisotopic (exact) mass is 371 g/mol. The average molecular weight is 372 g/mol. The molecule has 0 aliphatic rings. The number of amides is 1. The van der Waals surface area contributed by atoms with Gasteiger partial charge < -0.3 is 4.98 Å². The largest absolute Gasteiger partial charge is 0.360 e. The number of fused-ring (bicyclic) bond motifs is 1. The number of halogens is 2. The Morgan fingerprint density at radius 1 is 1.20 bits per heavy atom. The van der Waals surface area contributed by atoms with Crippen LogP contribution in [-0.4, -0.2) is 15.9 Å². The summed E-state index contributed by atoms with van der Waals surface area (Å²) in [5.41, 5.74) is 2.50. The van der Waals surface area contributed by atoms with Crippen molar-refractivity contribution in [3.63, 3.8) is 0 Å². The molecule has 0 aliphatic heterocycles. The maximum absolute atomic E-state index is 13.8. The number of hydrogen-bond donors (Lipinski definition) is 2. The molecule has 0 aliphatic carbocycles. The number of aromatic nitrogens is 2. The predicted molar refractivity (Wildman–Crippen MR) is 98.8 cm³/mol. The molecule has 7 heteroatoms. The van der Waals surface area contributed by atoms with Gasteiger partial charge in [0, 0.05) is 28.0 Å². The first-order chi connectivity index (χ1) is 12.1. The summed E-state index contributed by atoms with van der Waals surface area (Å²) in [7, 11) is 0. The first kappa shape index (κ1) is 15.8. The Bertz CT molecular complexity index is 1070. The molecule has 25 heavy (non-hydrogen) atoms. The van der Waals surface area contributed by atoms with Crippen LogP contribution in [-0.2, 0) is 0 Å². The summed E-state index contributed by atoms with van der Waals surface area (Å²) in [5, 5.41) is 5.93. The zero-order valence-corrected chi connectivity index (χ0v) is 14.3. The van der Waals surface area contributed by atoms with E-state index in [0.29, 0.717) is 5.13 Å². The second-order valence-electron chi connectivity index (χ2n) is 5.34. The van der Waals surface area contributed by atoms with E-state index in [9.17, 15) is 9.18 Å². The van der Waals surface area contributed by atoms with Crippen LogP contribution in [0, 0.1) is 5.82 Å². The van der Waals surface area contributed by atoms with Crippen molar-refractivity contribution in [2.75, 3.05) is 5.32 Å². The first-order valence-corrected chi connectivity index (χ1v) is 8.66. The fraction of sp³-hybridized carbons (Fsp3) is 0. The molecule has 0 bridgehead atoms. The molecule has 0 radical (unpaired) electrons. The standard InChI is InChI=1S/C18H11ClFN3OS/c19-12-5-3-6-13(20)16(12)17(24)23-18-22-15(9-25-18)11-8-21-14-7-2-1-4-10(11)14/h1-9,21H,(H,22,23,24). The maximum Gasteiger partial charge on any atom is 0.261 e. The number of aromatic amines is 1. The van der Waals surface area contributed by atoms with Gasteiger partial charge in [0.25, 0.3) is 5.91 Å². The van der Waals surface area contributed by atoms with Gasteiger partial charge in [-0.1, -0.05) is 35.9 Å². The Labute approximate surface area is 151 Å². The molecule has 2 N–H and O–H groups in total. The lowest BCUT2D eigenvalue weighted by atomic mass is 10.1. The molecular weight excluding hydrogens is 361 g/mol. The molecule has 0 unspecified atom stereocenters. The van der Waals surface area contributed by atoms with Crippen LogP contribution in [0.4, 0.5) is 9.52 Å². The van der Waals surface area contributed by atoms with Crippen LogP contribution in [0.1, 0.15) is 10.4 Å². The van der Waals surface area contributed by atoms with Gasteiger partial charge in [0.2, 0.25) is 0 Å². The second kappa shape index (κ2) is 6.31. The summed E-state index contributed by atoms with van der Waals surface area (Å²) in [4.78, 5) is 19.9. The minimum atomic E-state index is -0.668. The number of carbonyl (C=O) groups excluding carboxylic acids is 1. The first-order valence-electron chi connectivity index (χ1n) is 7.41. The quantitative estimate of drug-likeness (QED) is 0.511. The summed E-state index contributed by atoms with van der Waals surface area (Å²) >= 11 is 7.19. The number of benzene rings is 2. The summed E-state index contributed by atoms with van der Waals surface area (Å²) in [6, 6.07) is 12.0. The smallest absolute Gasteiger partial charge is 0.261 e. The van der Waals surface area contributed by atoms with E-state index in [1.165, 1.54) is 29.5 Å². The normalized spacial score (nSPS) is 11.0. The van der Waals surface area contributed by atoms with Crippen molar-refractivity contribution in [1.29, 1.82) is 0 Å². The van der Waals surface area contributed by atoms with E-state index < -0.39 is 11.7 Å². The Kier molecular flexibility index (Phi) is 3.99. The fourth-order valence-corrected chi connectivity index (χ4v) is 3.57. The van der Waals surface area contributed by atoms with E-state index >= 15 is 0 Å². The van der Waals surface area contributed by atoms with Gasteiger partial charge in [-0.15, -0.1) is 11.3 Å². The molecule has 4 rings (SSSR count). The SMILES string of the molecule is O=C(Nc1nc(-c2c[nH]c3ccccc23)cs1)c1c(F)cccc1Cl. The number of anilines is 1. The molecule has 4 nitrogen and oxygen atoms in total. The number of rotatable bonds is 3. The van der Waals surface area contributed by atoms with Gasteiger partial charge in [-0.2, -0.15) is 0 Å². The molecule has 0 fully saturated rings. The van der Waals surface area contributed by atoms with Crippen molar-refractivity contribution in [2.45, 2.75) is 0 Å². The third-order valence-corrected chi connectivity index (χ3v) is 4.85. The molecule has 124 valence electrons. The van der Waals surface area contributed by atoms with E-state index in [1.54, 1.807) is 0 Å². The Morgan fingerprint density at radius 3 is 2.88 bits per heavy atom. The third kappa shape index (κ3) is 2.90. The lowest BCUT2D eigenvalue weighted by Gasteiger charge is -2.05. The molecule has 0 saturated heterocycles. The van der Waals surface area contributed by atoms with E-state index in [1.807, 2.05) is 35.8 Å². The number of nitrogens with one attached hydrogen (secondary N) is 2. The van der Waals surface area contributed by atoms with Gasteiger partial charge in [0.15, 0.2) is 5.13 Å². The summed E-state index contributed by atoms with van der Waals surface area (Å²) < 4.78 is 13.8. The van der Waals surface area contributed by atoms with Crippen LogP contribution in [0.2, 0.25) is 5.02 Å². The zero-order chi connectivity index (χ0) is 17.4. The van der Waals surface area contributed by atoms with Crippen LogP contribution < -0.4 is 5.32 Å². The summed E-state index contributed by atoms with van der Waals surface area (Å²) in [6.45, 7) is 0. The minimum absolute atomic E-state index is 0.0610. The van der Waals surface area contributed by atoms with Crippen molar-refractivity contribution >= 4 is 44.9 Å². The lowest BCUT2D eigenvalue weighted by Crippen LogP contribution is -2.14. The number of hydrogen-bond acceptors (Lipinski definition) is 3. The highest BCUT2D eigenvalue weighted by Crippen LogP contribution is 2.31. The highest BCUT2D eigenvalue weighted by Gasteiger charge is 2.18. The Morgan fingerprint density at radius 2 is 2.04 bits per heavy atom. The van der Waals surface area contributed by atoms with E-state index in [-0.39, 0.29) is 10.6 Å². The fourth-order valence-electron chi connectivity index (χ4n) is 2.61. The topological polar surface area (TPSA) is 57.8 Å². The van der Waals surface area contributed by atoms with Crippen molar-refractivity contribution in [3.05, 3.63) is 70.4 Å². The molecule has 0 spiro atoms. The molecule has 2 aromatic heterocycles.